The Hall–Kier alpha value is -1.30. The van der Waals surface area contributed by atoms with Gasteiger partial charge in [-0.3, -0.25) is 0 Å². The second kappa shape index (κ2) is 4.91. The van der Waals surface area contributed by atoms with Gasteiger partial charge in [0.15, 0.2) is 11.9 Å². The molecule has 1 aromatic carbocycles. The van der Waals surface area contributed by atoms with Gasteiger partial charge in [0, 0.05) is 0 Å². The molecular weight excluding hydrogens is 212 g/mol. The van der Waals surface area contributed by atoms with E-state index in [1.807, 2.05) is 30.3 Å². The highest BCUT2D eigenvalue weighted by molar-refractivity contribution is 5.23. The molecule has 2 heteroatoms. The van der Waals surface area contributed by atoms with E-state index < -0.39 is 5.79 Å². The van der Waals surface area contributed by atoms with E-state index in [4.69, 9.17) is 15.9 Å². The Balaban J connectivity index is 2.27. The zero-order valence-electron chi connectivity index (χ0n) is 10.3. The maximum Gasteiger partial charge on any atom is 0.170 e. The van der Waals surface area contributed by atoms with Gasteiger partial charge in [-0.25, -0.2) is 0 Å². The first-order chi connectivity index (χ1) is 8.24. The Morgan fingerprint density at radius 1 is 1.18 bits per heavy atom. The molecule has 1 fully saturated rings. The molecule has 0 unspecified atom stereocenters. The predicted octanol–water partition coefficient (Wildman–Crippen LogP) is 3.29. The van der Waals surface area contributed by atoms with Gasteiger partial charge in [0.2, 0.25) is 0 Å². The Labute approximate surface area is 103 Å². The van der Waals surface area contributed by atoms with Crippen LogP contribution >= 0.6 is 0 Å². The summed E-state index contributed by atoms with van der Waals surface area (Å²) < 4.78 is 12.0. The Morgan fingerprint density at radius 2 is 1.82 bits per heavy atom. The van der Waals surface area contributed by atoms with Crippen LogP contribution in [-0.2, 0) is 9.47 Å². The zero-order chi connectivity index (χ0) is 12.3. The summed E-state index contributed by atoms with van der Waals surface area (Å²) in [6.45, 7) is 4.12. The molecule has 0 aliphatic carbocycles. The molecule has 2 nitrogen and oxygen atoms in total. The summed E-state index contributed by atoms with van der Waals surface area (Å²) in [5.74, 6) is 2.17. The fourth-order valence-corrected chi connectivity index (χ4v) is 2.20. The number of hydrogen-bond acceptors (Lipinski definition) is 2. The van der Waals surface area contributed by atoms with Crippen LogP contribution in [0.2, 0.25) is 0 Å². The van der Waals surface area contributed by atoms with Gasteiger partial charge in [0.25, 0.3) is 0 Å². The van der Waals surface area contributed by atoms with Crippen molar-refractivity contribution in [2.24, 2.45) is 0 Å². The van der Waals surface area contributed by atoms with Gasteiger partial charge in [-0.15, -0.1) is 6.42 Å². The molecule has 2 rings (SSSR count). The van der Waals surface area contributed by atoms with Crippen LogP contribution in [0.5, 0.6) is 0 Å². The van der Waals surface area contributed by atoms with Gasteiger partial charge in [0.1, 0.15) is 6.10 Å². The molecule has 17 heavy (non-hydrogen) atoms. The zero-order valence-corrected chi connectivity index (χ0v) is 10.3. The van der Waals surface area contributed by atoms with Crippen molar-refractivity contribution in [2.45, 2.75) is 44.7 Å². The smallest absolute Gasteiger partial charge is 0.170 e. The van der Waals surface area contributed by atoms with Crippen molar-refractivity contribution in [3.8, 4) is 12.3 Å². The van der Waals surface area contributed by atoms with Crippen molar-refractivity contribution >= 4 is 0 Å². The van der Waals surface area contributed by atoms with E-state index in [0.717, 1.165) is 18.4 Å². The minimum Gasteiger partial charge on any atom is -0.338 e. The standard InChI is InChI=1S/C15H18O2/c1-4-13-14(12-10-8-7-9-11-12)17-15(5-2,6-3)16-13/h1,7-11,13-14H,5-6H2,2-3H3/t13-,14-/m0/s1. The molecule has 0 aromatic heterocycles. The summed E-state index contributed by atoms with van der Waals surface area (Å²) in [7, 11) is 0. The summed E-state index contributed by atoms with van der Waals surface area (Å²) in [6, 6.07) is 10.0. The van der Waals surface area contributed by atoms with E-state index >= 15 is 0 Å². The van der Waals surface area contributed by atoms with Crippen molar-refractivity contribution < 1.29 is 9.47 Å². The first-order valence-corrected chi connectivity index (χ1v) is 6.11. The molecule has 0 bridgehead atoms. The van der Waals surface area contributed by atoms with Crippen LogP contribution in [0, 0.1) is 12.3 Å². The third kappa shape index (κ3) is 2.22. The molecular formula is C15H18O2. The lowest BCUT2D eigenvalue weighted by Gasteiger charge is -2.24. The van der Waals surface area contributed by atoms with Gasteiger partial charge >= 0.3 is 0 Å². The van der Waals surface area contributed by atoms with Crippen molar-refractivity contribution in [1.82, 2.24) is 0 Å². The van der Waals surface area contributed by atoms with Crippen LogP contribution in [0.4, 0.5) is 0 Å². The lowest BCUT2D eigenvalue weighted by atomic mass is 10.1. The molecule has 90 valence electrons. The SMILES string of the molecule is C#C[C@@H]1OC(CC)(CC)O[C@H]1c1ccccc1. The monoisotopic (exact) mass is 230 g/mol. The van der Waals surface area contributed by atoms with Crippen molar-refractivity contribution in [1.29, 1.82) is 0 Å². The normalized spacial score (nSPS) is 26.6. The van der Waals surface area contributed by atoms with Gasteiger partial charge in [0.05, 0.1) is 0 Å². The van der Waals surface area contributed by atoms with Gasteiger partial charge in [-0.2, -0.15) is 0 Å². The van der Waals surface area contributed by atoms with E-state index in [-0.39, 0.29) is 12.2 Å². The number of hydrogen-bond donors (Lipinski definition) is 0. The Kier molecular flexibility index (Phi) is 3.51. The molecule has 0 spiro atoms. The largest absolute Gasteiger partial charge is 0.338 e. The molecule has 1 saturated heterocycles. The topological polar surface area (TPSA) is 18.5 Å². The van der Waals surface area contributed by atoms with E-state index in [1.165, 1.54) is 0 Å². The minimum atomic E-state index is -0.516. The quantitative estimate of drug-likeness (QED) is 0.742. The average Bonchev–Trinajstić information content (AvgIpc) is 2.79. The molecule has 0 N–H and O–H groups in total. The number of benzene rings is 1. The van der Waals surface area contributed by atoms with Crippen LogP contribution in [0.3, 0.4) is 0 Å². The summed E-state index contributed by atoms with van der Waals surface area (Å²) in [6.07, 6.45) is 6.71. The van der Waals surface area contributed by atoms with Crippen LogP contribution in [-0.4, -0.2) is 11.9 Å². The summed E-state index contributed by atoms with van der Waals surface area (Å²) in [5.41, 5.74) is 1.08. The fraction of sp³-hybridized carbons (Fsp3) is 0.467. The van der Waals surface area contributed by atoms with Crippen LogP contribution in [0.1, 0.15) is 38.4 Å². The molecule has 0 saturated carbocycles. The highest BCUT2D eigenvalue weighted by Crippen LogP contribution is 2.41. The maximum absolute atomic E-state index is 6.07. The maximum atomic E-state index is 6.07. The first kappa shape index (κ1) is 12.2. The summed E-state index contributed by atoms with van der Waals surface area (Å²) in [5, 5.41) is 0. The number of terminal acetylenes is 1. The van der Waals surface area contributed by atoms with E-state index in [2.05, 4.69) is 19.8 Å². The first-order valence-electron chi connectivity index (χ1n) is 6.11. The number of rotatable bonds is 3. The third-order valence-electron chi connectivity index (χ3n) is 3.33. The van der Waals surface area contributed by atoms with E-state index in [0.29, 0.717) is 0 Å². The van der Waals surface area contributed by atoms with Gasteiger partial charge in [-0.05, 0) is 18.4 Å². The van der Waals surface area contributed by atoms with Crippen LogP contribution < -0.4 is 0 Å². The van der Waals surface area contributed by atoms with Crippen molar-refractivity contribution in [3.05, 3.63) is 35.9 Å². The highest BCUT2D eigenvalue weighted by Gasteiger charge is 2.45. The van der Waals surface area contributed by atoms with Crippen LogP contribution in [0.15, 0.2) is 30.3 Å². The second-order valence-corrected chi connectivity index (χ2v) is 4.27. The van der Waals surface area contributed by atoms with Gasteiger partial charge < -0.3 is 9.47 Å². The molecule has 1 aliphatic heterocycles. The van der Waals surface area contributed by atoms with E-state index in [9.17, 15) is 0 Å². The van der Waals surface area contributed by atoms with Crippen LogP contribution in [0.25, 0.3) is 0 Å². The lowest BCUT2D eigenvalue weighted by molar-refractivity contribution is -0.176. The Morgan fingerprint density at radius 3 is 2.35 bits per heavy atom. The molecule has 1 aliphatic rings. The minimum absolute atomic E-state index is 0.152. The van der Waals surface area contributed by atoms with Crippen molar-refractivity contribution in [2.75, 3.05) is 0 Å². The van der Waals surface area contributed by atoms with E-state index in [1.54, 1.807) is 0 Å². The fourth-order valence-electron chi connectivity index (χ4n) is 2.20. The number of ether oxygens (including phenoxy) is 2. The third-order valence-corrected chi connectivity index (χ3v) is 3.33. The van der Waals surface area contributed by atoms with Crippen molar-refractivity contribution in [3.63, 3.8) is 0 Å². The molecule has 0 radical (unpaired) electrons. The lowest BCUT2D eigenvalue weighted by Crippen LogP contribution is -2.28. The molecule has 2 atom stereocenters. The summed E-state index contributed by atoms with van der Waals surface area (Å²) >= 11 is 0. The summed E-state index contributed by atoms with van der Waals surface area (Å²) in [4.78, 5) is 0. The molecule has 1 aromatic rings. The van der Waals surface area contributed by atoms with Gasteiger partial charge in [-0.1, -0.05) is 50.1 Å². The molecule has 0 amide bonds. The highest BCUT2D eigenvalue weighted by atomic mass is 16.8. The Bertz CT molecular complexity index is 401. The molecule has 1 heterocycles. The average molecular weight is 230 g/mol. The second-order valence-electron chi connectivity index (χ2n) is 4.27. The predicted molar refractivity (Wildman–Crippen MR) is 67.3 cm³/mol.